The highest BCUT2D eigenvalue weighted by Crippen LogP contribution is 2.45. The summed E-state index contributed by atoms with van der Waals surface area (Å²) in [5, 5.41) is 14.3. The molecule has 2 saturated heterocycles. The number of amides is 1. The van der Waals surface area contributed by atoms with Gasteiger partial charge in [0.25, 0.3) is 0 Å². The van der Waals surface area contributed by atoms with Gasteiger partial charge in [-0.1, -0.05) is 0 Å². The molecule has 1 aromatic heterocycles. The van der Waals surface area contributed by atoms with Crippen molar-refractivity contribution >= 4 is 11.9 Å². The van der Waals surface area contributed by atoms with Crippen LogP contribution in [-0.2, 0) is 22.7 Å². The smallest absolute Gasteiger partial charge is 0.313 e. The van der Waals surface area contributed by atoms with E-state index in [9.17, 15) is 14.7 Å². The number of nitrogens with zero attached hydrogens (tertiary/aromatic N) is 4. The zero-order chi connectivity index (χ0) is 17.8. The molecule has 3 aliphatic rings. The lowest BCUT2D eigenvalue weighted by atomic mass is 9.81. The number of aromatic nitrogens is 2. The van der Waals surface area contributed by atoms with Crippen molar-refractivity contribution in [3.05, 3.63) is 17.5 Å². The Bertz CT molecular complexity index is 711. The maximum Gasteiger partial charge on any atom is 0.313 e. The van der Waals surface area contributed by atoms with Crippen molar-refractivity contribution in [2.24, 2.45) is 17.3 Å². The molecular weight excluding hydrogens is 320 g/mol. The summed E-state index contributed by atoms with van der Waals surface area (Å²) in [5.41, 5.74) is 1.29. The summed E-state index contributed by atoms with van der Waals surface area (Å²) < 4.78 is 1.95. The van der Waals surface area contributed by atoms with Gasteiger partial charge in [-0.2, -0.15) is 5.10 Å². The minimum Gasteiger partial charge on any atom is -0.481 e. The summed E-state index contributed by atoms with van der Waals surface area (Å²) in [6, 6.07) is 0. The van der Waals surface area contributed by atoms with Crippen LogP contribution in [0.3, 0.4) is 0 Å². The molecule has 7 heteroatoms. The monoisotopic (exact) mass is 346 g/mol. The Morgan fingerprint density at radius 2 is 2.16 bits per heavy atom. The first kappa shape index (κ1) is 16.6. The van der Waals surface area contributed by atoms with Gasteiger partial charge in [-0.25, -0.2) is 0 Å². The Morgan fingerprint density at radius 3 is 2.72 bits per heavy atom. The fraction of sp³-hybridized carbons (Fsp3) is 0.722. The number of hydrogen-bond acceptors (Lipinski definition) is 4. The largest absolute Gasteiger partial charge is 0.481 e. The Hall–Kier alpha value is -1.89. The third-order valence-electron chi connectivity index (χ3n) is 6.20. The molecule has 0 unspecified atom stereocenters. The Morgan fingerprint density at radius 1 is 1.40 bits per heavy atom. The standard InChI is InChI=1S/C18H26N4O3/c1-3-22-12(2)14(6-19-22)8-20-9-15-16(23)21(7-13-4-5-13)11-18(15,10-20)17(24)25/h6,13,15H,3-5,7-11H2,1-2H3,(H,24,25)/t15-,18-/m0/s1. The number of carbonyl (C=O) groups is 2. The zero-order valence-corrected chi connectivity index (χ0v) is 14.9. The minimum absolute atomic E-state index is 0.0396. The fourth-order valence-electron chi connectivity index (χ4n) is 4.49. The van der Waals surface area contributed by atoms with E-state index in [2.05, 4.69) is 16.9 Å². The molecule has 3 heterocycles. The molecule has 1 aliphatic carbocycles. The van der Waals surface area contributed by atoms with E-state index < -0.39 is 17.3 Å². The van der Waals surface area contributed by atoms with E-state index in [1.54, 1.807) is 0 Å². The van der Waals surface area contributed by atoms with Gasteiger partial charge in [-0.3, -0.25) is 19.2 Å². The molecular formula is C18H26N4O3. The van der Waals surface area contributed by atoms with Crippen LogP contribution in [0.15, 0.2) is 6.20 Å². The van der Waals surface area contributed by atoms with Crippen LogP contribution in [0, 0.1) is 24.2 Å². The Kier molecular flexibility index (Phi) is 3.86. The number of aliphatic carboxylic acids is 1. The van der Waals surface area contributed by atoms with Gasteiger partial charge in [0.05, 0.1) is 12.1 Å². The van der Waals surface area contributed by atoms with Crippen molar-refractivity contribution in [1.82, 2.24) is 19.6 Å². The van der Waals surface area contributed by atoms with Gasteiger partial charge in [-0.15, -0.1) is 0 Å². The van der Waals surface area contributed by atoms with Crippen molar-refractivity contribution in [1.29, 1.82) is 0 Å². The second-order valence-electron chi connectivity index (χ2n) is 7.92. The number of hydrogen-bond donors (Lipinski definition) is 1. The number of carboxylic acid groups (broad SMARTS) is 1. The van der Waals surface area contributed by atoms with Crippen LogP contribution in [0.25, 0.3) is 0 Å². The molecule has 4 rings (SSSR count). The molecule has 2 aliphatic heterocycles. The number of fused-ring (bicyclic) bond motifs is 1. The van der Waals surface area contributed by atoms with Gasteiger partial charge in [0.2, 0.25) is 5.91 Å². The third kappa shape index (κ3) is 2.65. The molecule has 136 valence electrons. The summed E-state index contributed by atoms with van der Waals surface area (Å²) in [6.45, 7) is 7.66. The maximum atomic E-state index is 12.8. The van der Waals surface area contributed by atoms with Crippen LogP contribution in [0.1, 0.15) is 31.0 Å². The molecule has 1 amide bonds. The van der Waals surface area contributed by atoms with E-state index in [4.69, 9.17) is 0 Å². The maximum absolute atomic E-state index is 12.8. The SMILES string of the molecule is CCn1ncc(CN2C[C@H]3C(=O)N(CC4CC4)C[C@@]3(C(=O)O)C2)c1C. The van der Waals surface area contributed by atoms with Crippen LogP contribution in [0.2, 0.25) is 0 Å². The molecule has 7 nitrogen and oxygen atoms in total. The number of aryl methyl sites for hydroxylation is 1. The van der Waals surface area contributed by atoms with Crippen LogP contribution >= 0.6 is 0 Å². The Balaban J connectivity index is 1.51. The third-order valence-corrected chi connectivity index (χ3v) is 6.20. The van der Waals surface area contributed by atoms with Gasteiger partial charge in [0.1, 0.15) is 5.41 Å². The quantitative estimate of drug-likeness (QED) is 0.830. The fourth-order valence-corrected chi connectivity index (χ4v) is 4.49. The van der Waals surface area contributed by atoms with E-state index in [0.717, 1.165) is 24.3 Å². The van der Waals surface area contributed by atoms with Crippen LogP contribution in [-0.4, -0.2) is 62.7 Å². The summed E-state index contributed by atoms with van der Waals surface area (Å²) >= 11 is 0. The van der Waals surface area contributed by atoms with Crippen LogP contribution < -0.4 is 0 Å². The summed E-state index contributed by atoms with van der Waals surface area (Å²) in [4.78, 5) is 28.8. The number of carbonyl (C=O) groups excluding carboxylic acids is 1. The predicted molar refractivity (Wildman–Crippen MR) is 90.8 cm³/mol. The second kappa shape index (κ2) is 5.83. The van der Waals surface area contributed by atoms with Crippen LogP contribution in [0.5, 0.6) is 0 Å². The second-order valence-corrected chi connectivity index (χ2v) is 7.92. The molecule has 25 heavy (non-hydrogen) atoms. The van der Waals surface area contributed by atoms with Crippen molar-refractivity contribution in [3.63, 3.8) is 0 Å². The normalized spacial score (nSPS) is 29.4. The lowest BCUT2D eigenvalue weighted by molar-refractivity contribution is -0.149. The first-order chi connectivity index (χ1) is 11.9. The lowest BCUT2D eigenvalue weighted by Gasteiger charge is -2.25. The molecule has 2 atom stereocenters. The number of carboxylic acids is 1. The number of rotatable bonds is 6. The van der Waals surface area contributed by atoms with Crippen molar-refractivity contribution in [3.8, 4) is 0 Å². The highest BCUT2D eigenvalue weighted by Gasteiger charge is 2.62. The molecule has 0 aromatic carbocycles. The van der Waals surface area contributed by atoms with Gasteiger partial charge < -0.3 is 10.0 Å². The van der Waals surface area contributed by atoms with E-state index in [0.29, 0.717) is 32.1 Å². The summed E-state index contributed by atoms with van der Waals surface area (Å²) in [7, 11) is 0. The molecule has 0 spiro atoms. The van der Waals surface area contributed by atoms with E-state index in [1.807, 2.05) is 22.7 Å². The van der Waals surface area contributed by atoms with Gasteiger partial charge in [-0.05, 0) is 32.6 Å². The Labute approximate surface area is 147 Å². The average molecular weight is 346 g/mol. The predicted octanol–water partition coefficient (Wildman–Crippen LogP) is 0.966. The van der Waals surface area contributed by atoms with Gasteiger partial charge in [0, 0.05) is 50.5 Å². The minimum atomic E-state index is -0.944. The first-order valence-electron chi connectivity index (χ1n) is 9.20. The average Bonchev–Trinajstić information content (AvgIpc) is 3.14. The number of likely N-dealkylation sites (tertiary alicyclic amines) is 2. The molecule has 1 N–H and O–H groups in total. The lowest BCUT2D eigenvalue weighted by Crippen LogP contribution is -2.41. The van der Waals surface area contributed by atoms with E-state index >= 15 is 0 Å². The topological polar surface area (TPSA) is 78.7 Å². The highest BCUT2D eigenvalue weighted by atomic mass is 16.4. The molecule has 1 saturated carbocycles. The van der Waals surface area contributed by atoms with Gasteiger partial charge >= 0.3 is 5.97 Å². The van der Waals surface area contributed by atoms with Crippen molar-refractivity contribution < 1.29 is 14.7 Å². The summed E-state index contributed by atoms with van der Waals surface area (Å²) in [5.74, 6) is -0.608. The van der Waals surface area contributed by atoms with Crippen molar-refractivity contribution in [2.75, 3.05) is 26.2 Å². The summed E-state index contributed by atoms with van der Waals surface area (Å²) in [6.07, 6.45) is 4.20. The van der Waals surface area contributed by atoms with E-state index in [-0.39, 0.29) is 5.91 Å². The highest BCUT2D eigenvalue weighted by molar-refractivity contribution is 5.92. The first-order valence-corrected chi connectivity index (χ1v) is 9.20. The molecule has 0 radical (unpaired) electrons. The van der Waals surface area contributed by atoms with Gasteiger partial charge in [0.15, 0.2) is 0 Å². The molecule has 3 fully saturated rings. The van der Waals surface area contributed by atoms with Crippen LogP contribution in [0.4, 0.5) is 0 Å². The zero-order valence-electron chi connectivity index (χ0n) is 14.9. The molecule has 0 bridgehead atoms. The van der Waals surface area contributed by atoms with E-state index in [1.165, 1.54) is 12.8 Å². The molecule has 1 aromatic rings. The van der Waals surface area contributed by atoms with Crippen molar-refractivity contribution in [2.45, 2.75) is 39.8 Å².